The van der Waals surface area contributed by atoms with Crippen LogP contribution in [0.2, 0.25) is 0 Å². The molecule has 0 saturated heterocycles. The van der Waals surface area contributed by atoms with Crippen LogP contribution in [0, 0.1) is 6.92 Å². The third-order valence-electron chi connectivity index (χ3n) is 3.41. The van der Waals surface area contributed by atoms with Gasteiger partial charge in [-0.25, -0.2) is 4.98 Å². The van der Waals surface area contributed by atoms with Crippen LogP contribution in [-0.2, 0) is 7.05 Å². The van der Waals surface area contributed by atoms with Gasteiger partial charge in [0.1, 0.15) is 0 Å². The number of nitrogens with two attached hydrogens (primary N) is 1. The van der Waals surface area contributed by atoms with E-state index in [4.69, 9.17) is 5.73 Å². The van der Waals surface area contributed by atoms with Gasteiger partial charge in [-0.2, -0.15) is 0 Å². The lowest BCUT2D eigenvalue weighted by Crippen LogP contribution is -2.14. The van der Waals surface area contributed by atoms with Crippen LogP contribution in [0.1, 0.15) is 5.56 Å². The van der Waals surface area contributed by atoms with Gasteiger partial charge in [0.15, 0.2) is 5.13 Å². The monoisotopic (exact) mass is 312 g/mol. The molecule has 5 nitrogen and oxygen atoms in total. The molecular weight excluding hydrogens is 296 g/mol. The highest BCUT2D eigenvalue weighted by atomic mass is 32.1. The van der Waals surface area contributed by atoms with Gasteiger partial charge in [-0.05, 0) is 30.7 Å². The Morgan fingerprint density at radius 2 is 2.09 bits per heavy atom. The van der Waals surface area contributed by atoms with Gasteiger partial charge in [-0.3, -0.25) is 4.79 Å². The average Bonchev–Trinajstić information content (AvgIpc) is 2.94. The zero-order chi connectivity index (χ0) is 15.7. The molecule has 2 heterocycles. The maximum absolute atomic E-state index is 11.7. The van der Waals surface area contributed by atoms with Crippen molar-refractivity contribution in [2.24, 2.45) is 7.05 Å². The number of hydrogen-bond donors (Lipinski definition) is 2. The van der Waals surface area contributed by atoms with Crippen LogP contribution < -0.4 is 16.6 Å². The van der Waals surface area contributed by atoms with E-state index in [-0.39, 0.29) is 5.56 Å². The molecule has 1 aromatic carbocycles. The number of hydrogen-bond acceptors (Lipinski definition) is 5. The third kappa shape index (κ3) is 2.87. The van der Waals surface area contributed by atoms with Crippen LogP contribution in [0.25, 0.3) is 11.3 Å². The van der Waals surface area contributed by atoms with Gasteiger partial charge in [0.2, 0.25) is 0 Å². The summed E-state index contributed by atoms with van der Waals surface area (Å²) >= 11 is 1.49. The molecule has 0 atom stereocenters. The van der Waals surface area contributed by atoms with Gasteiger partial charge in [-0.15, -0.1) is 11.3 Å². The van der Waals surface area contributed by atoms with Crippen molar-refractivity contribution in [3.63, 3.8) is 0 Å². The number of anilines is 3. The van der Waals surface area contributed by atoms with Gasteiger partial charge >= 0.3 is 0 Å². The van der Waals surface area contributed by atoms with Crippen LogP contribution in [-0.4, -0.2) is 9.55 Å². The Morgan fingerprint density at radius 3 is 2.86 bits per heavy atom. The first kappa shape index (κ1) is 14.3. The molecule has 0 aliphatic rings. The third-order valence-corrected chi connectivity index (χ3v) is 4.17. The van der Waals surface area contributed by atoms with Crippen LogP contribution in [0.4, 0.5) is 16.5 Å². The van der Waals surface area contributed by atoms with Gasteiger partial charge in [0.05, 0.1) is 5.69 Å². The first-order chi connectivity index (χ1) is 10.5. The molecule has 3 N–H and O–H groups in total. The van der Waals surface area contributed by atoms with E-state index in [0.717, 1.165) is 27.6 Å². The number of thiazole rings is 1. The molecule has 0 spiro atoms. The highest BCUT2D eigenvalue weighted by molar-refractivity contribution is 7.14. The second-order valence-electron chi connectivity index (χ2n) is 5.10. The molecule has 0 saturated carbocycles. The standard InChI is InChI=1S/C16H16N4OS/c1-10-3-4-12(17)8-13(10)18-16-19-14(9-22-16)11-5-6-20(2)15(21)7-11/h3-9H,17H2,1-2H3,(H,18,19). The van der Waals surface area contributed by atoms with Crippen LogP contribution in [0.5, 0.6) is 0 Å². The largest absolute Gasteiger partial charge is 0.399 e. The molecule has 22 heavy (non-hydrogen) atoms. The van der Waals surface area contributed by atoms with Crippen LogP contribution in [0.15, 0.2) is 46.7 Å². The Morgan fingerprint density at radius 1 is 1.27 bits per heavy atom. The van der Waals surface area contributed by atoms with E-state index in [1.54, 1.807) is 19.3 Å². The fourth-order valence-electron chi connectivity index (χ4n) is 2.06. The molecule has 0 radical (unpaired) electrons. The molecule has 0 aliphatic carbocycles. The Bertz CT molecular complexity index is 882. The summed E-state index contributed by atoms with van der Waals surface area (Å²) in [7, 11) is 1.72. The van der Waals surface area contributed by atoms with E-state index in [2.05, 4.69) is 10.3 Å². The topological polar surface area (TPSA) is 72.9 Å². The Labute approximate surface area is 132 Å². The maximum Gasteiger partial charge on any atom is 0.250 e. The summed E-state index contributed by atoms with van der Waals surface area (Å²) in [5, 5.41) is 5.97. The molecule has 0 bridgehead atoms. The lowest BCUT2D eigenvalue weighted by molar-refractivity contribution is 0.861. The predicted octanol–water partition coefficient (Wildman–Crippen LogP) is 3.14. The van der Waals surface area contributed by atoms with Gasteiger partial charge < -0.3 is 15.6 Å². The summed E-state index contributed by atoms with van der Waals surface area (Å²) in [6.45, 7) is 2.01. The highest BCUT2D eigenvalue weighted by Gasteiger charge is 2.07. The number of rotatable bonds is 3. The molecule has 112 valence electrons. The smallest absolute Gasteiger partial charge is 0.250 e. The molecular formula is C16H16N4OS. The van der Waals surface area contributed by atoms with Crippen molar-refractivity contribution in [2.45, 2.75) is 6.92 Å². The first-order valence-corrected chi connectivity index (χ1v) is 7.66. The van der Waals surface area contributed by atoms with Crippen LogP contribution in [0.3, 0.4) is 0 Å². The molecule has 3 rings (SSSR count). The summed E-state index contributed by atoms with van der Waals surface area (Å²) in [6, 6.07) is 9.19. The number of aryl methyl sites for hydroxylation is 2. The summed E-state index contributed by atoms with van der Waals surface area (Å²) in [4.78, 5) is 16.2. The summed E-state index contributed by atoms with van der Waals surface area (Å²) in [6.07, 6.45) is 1.74. The minimum atomic E-state index is -0.0494. The molecule has 0 unspecified atom stereocenters. The lowest BCUT2D eigenvalue weighted by atomic mass is 10.2. The number of aromatic nitrogens is 2. The second kappa shape index (κ2) is 5.65. The summed E-state index contributed by atoms with van der Waals surface area (Å²) in [5.41, 5.74) is 10.1. The Hall–Kier alpha value is -2.60. The maximum atomic E-state index is 11.7. The predicted molar refractivity (Wildman–Crippen MR) is 91.7 cm³/mol. The summed E-state index contributed by atoms with van der Waals surface area (Å²) in [5.74, 6) is 0. The number of nitrogens with zero attached hydrogens (tertiary/aromatic N) is 2. The van der Waals surface area contributed by atoms with Gasteiger partial charge in [0.25, 0.3) is 5.56 Å². The molecule has 6 heteroatoms. The number of pyridine rings is 1. The average molecular weight is 312 g/mol. The zero-order valence-electron chi connectivity index (χ0n) is 12.3. The van der Waals surface area contributed by atoms with E-state index in [1.165, 1.54) is 15.9 Å². The molecule has 0 amide bonds. The van der Waals surface area contributed by atoms with Crippen molar-refractivity contribution in [1.82, 2.24) is 9.55 Å². The van der Waals surface area contributed by atoms with E-state index < -0.39 is 0 Å². The van der Waals surface area contributed by atoms with E-state index in [9.17, 15) is 4.79 Å². The van der Waals surface area contributed by atoms with Crippen molar-refractivity contribution >= 4 is 27.8 Å². The lowest BCUT2D eigenvalue weighted by Gasteiger charge is -2.07. The van der Waals surface area contributed by atoms with Gasteiger partial charge in [0, 0.05) is 41.6 Å². The second-order valence-corrected chi connectivity index (χ2v) is 5.96. The fourth-order valence-corrected chi connectivity index (χ4v) is 2.79. The quantitative estimate of drug-likeness (QED) is 0.729. The minimum absolute atomic E-state index is 0.0494. The molecule has 3 aromatic rings. The van der Waals surface area contributed by atoms with Crippen molar-refractivity contribution in [3.05, 3.63) is 57.8 Å². The first-order valence-electron chi connectivity index (χ1n) is 6.78. The van der Waals surface area contributed by atoms with Crippen molar-refractivity contribution in [3.8, 4) is 11.3 Å². The van der Waals surface area contributed by atoms with E-state index in [0.29, 0.717) is 5.69 Å². The Kier molecular flexibility index (Phi) is 3.68. The number of nitrogen functional groups attached to an aromatic ring is 1. The van der Waals surface area contributed by atoms with Crippen molar-refractivity contribution < 1.29 is 0 Å². The summed E-state index contributed by atoms with van der Waals surface area (Å²) < 4.78 is 1.53. The normalized spacial score (nSPS) is 10.6. The number of benzene rings is 1. The van der Waals surface area contributed by atoms with Crippen LogP contribution >= 0.6 is 11.3 Å². The molecule has 0 aliphatic heterocycles. The molecule has 0 fully saturated rings. The number of nitrogens with one attached hydrogen (secondary N) is 1. The van der Waals surface area contributed by atoms with Gasteiger partial charge in [-0.1, -0.05) is 6.07 Å². The SMILES string of the molecule is Cc1ccc(N)cc1Nc1nc(-c2ccn(C)c(=O)c2)cs1. The zero-order valence-corrected chi connectivity index (χ0v) is 13.1. The van der Waals surface area contributed by atoms with Crippen molar-refractivity contribution in [2.75, 3.05) is 11.1 Å². The minimum Gasteiger partial charge on any atom is -0.399 e. The Balaban J connectivity index is 1.89. The highest BCUT2D eigenvalue weighted by Crippen LogP contribution is 2.28. The fraction of sp³-hybridized carbons (Fsp3) is 0.125. The van der Waals surface area contributed by atoms with E-state index in [1.807, 2.05) is 36.6 Å². The molecule has 2 aromatic heterocycles. The van der Waals surface area contributed by atoms with Crippen molar-refractivity contribution in [1.29, 1.82) is 0 Å². The van der Waals surface area contributed by atoms with E-state index >= 15 is 0 Å².